The Labute approximate surface area is 294 Å². The van der Waals surface area contributed by atoms with Gasteiger partial charge in [0.2, 0.25) is 0 Å². The second-order valence-electron chi connectivity index (χ2n) is 13.5. The van der Waals surface area contributed by atoms with Gasteiger partial charge >= 0.3 is 0 Å². The summed E-state index contributed by atoms with van der Waals surface area (Å²) in [6.07, 6.45) is 0. The lowest BCUT2D eigenvalue weighted by Gasteiger charge is -2.16. The average molecular weight is 647 g/mol. The molecule has 11 aromatic rings. The van der Waals surface area contributed by atoms with E-state index in [0.29, 0.717) is 0 Å². The lowest BCUT2D eigenvalue weighted by molar-refractivity contribution is 1.31. The first-order valence-corrected chi connectivity index (χ1v) is 17.6. The van der Waals surface area contributed by atoms with Crippen LogP contribution in [0.25, 0.3) is 104 Å². The summed E-state index contributed by atoms with van der Waals surface area (Å²) in [5.74, 6) is 0. The van der Waals surface area contributed by atoms with Gasteiger partial charge in [-0.25, -0.2) is 4.98 Å². The molecule has 0 spiro atoms. The van der Waals surface area contributed by atoms with Crippen molar-refractivity contribution >= 4 is 70.7 Å². The number of hydrogen-bond donors (Lipinski definition) is 0. The SMILES string of the molecule is c1ccc(-c2cc3c4ccccc4c(-c4cccc(-c5ccc6c(c5)c5ccccc5n5c7ccccc7nc65)c4)cc3c3ccccc23)cc1. The summed E-state index contributed by atoms with van der Waals surface area (Å²) in [7, 11) is 0. The summed E-state index contributed by atoms with van der Waals surface area (Å²) < 4.78 is 2.31. The number of hydrogen-bond acceptors (Lipinski definition) is 1. The van der Waals surface area contributed by atoms with Crippen molar-refractivity contribution in [2.45, 2.75) is 0 Å². The summed E-state index contributed by atoms with van der Waals surface area (Å²) in [6.45, 7) is 0. The summed E-state index contributed by atoms with van der Waals surface area (Å²) in [6, 6.07) is 66.4. The summed E-state index contributed by atoms with van der Waals surface area (Å²) in [4.78, 5) is 5.11. The maximum absolute atomic E-state index is 5.11. The van der Waals surface area contributed by atoms with Crippen molar-refractivity contribution in [3.8, 4) is 33.4 Å². The van der Waals surface area contributed by atoms with E-state index in [1.807, 2.05) is 0 Å². The molecule has 9 aromatic carbocycles. The lowest BCUT2D eigenvalue weighted by Crippen LogP contribution is -1.92. The van der Waals surface area contributed by atoms with Crippen LogP contribution in [0.3, 0.4) is 0 Å². The third-order valence-corrected chi connectivity index (χ3v) is 10.7. The zero-order valence-corrected chi connectivity index (χ0v) is 27.7. The van der Waals surface area contributed by atoms with E-state index < -0.39 is 0 Å². The second kappa shape index (κ2) is 10.9. The highest BCUT2D eigenvalue weighted by Gasteiger charge is 2.17. The highest BCUT2D eigenvalue weighted by atomic mass is 15.0. The molecule has 0 bridgehead atoms. The van der Waals surface area contributed by atoms with Gasteiger partial charge in [0, 0.05) is 10.8 Å². The monoisotopic (exact) mass is 646 g/mol. The van der Waals surface area contributed by atoms with E-state index >= 15 is 0 Å². The molecule has 0 aliphatic rings. The van der Waals surface area contributed by atoms with E-state index in [2.05, 4.69) is 186 Å². The number of nitrogens with zero attached hydrogens (tertiary/aromatic N) is 2. The van der Waals surface area contributed by atoms with Crippen LogP contribution in [0.1, 0.15) is 0 Å². The molecule has 0 aliphatic heterocycles. The van der Waals surface area contributed by atoms with Crippen molar-refractivity contribution in [1.82, 2.24) is 9.38 Å². The Bertz CT molecular complexity index is 3190. The van der Waals surface area contributed by atoms with Crippen molar-refractivity contribution in [1.29, 1.82) is 0 Å². The minimum Gasteiger partial charge on any atom is -0.292 e. The molecule has 0 saturated heterocycles. The molecule has 2 nitrogen and oxygen atoms in total. The van der Waals surface area contributed by atoms with Gasteiger partial charge in [0.25, 0.3) is 0 Å². The molecule has 0 radical (unpaired) electrons. The number of benzene rings is 9. The first kappa shape index (κ1) is 28.1. The second-order valence-corrected chi connectivity index (χ2v) is 13.5. The minimum absolute atomic E-state index is 0.996. The van der Waals surface area contributed by atoms with Crippen LogP contribution in [0.5, 0.6) is 0 Å². The average Bonchev–Trinajstić information content (AvgIpc) is 3.61. The van der Waals surface area contributed by atoms with Crippen LogP contribution in [-0.2, 0) is 0 Å². The molecule has 0 amide bonds. The summed E-state index contributed by atoms with van der Waals surface area (Å²) in [5.41, 5.74) is 11.7. The minimum atomic E-state index is 0.996. The topological polar surface area (TPSA) is 17.3 Å². The summed E-state index contributed by atoms with van der Waals surface area (Å²) in [5, 5.41) is 11.2. The number of rotatable bonds is 3. The van der Waals surface area contributed by atoms with E-state index in [4.69, 9.17) is 4.98 Å². The molecule has 2 heterocycles. The molecule has 0 N–H and O–H groups in total. The van der Waals surface area contributed by atoms with Crippen LogP contribution in [-0.4, -0.2) is 9.38 Å². The Balaban J connectivity index is 1.13. The Kier molecular flexibility index (Phi) is 5.99. The van der Waals surface area contributed by atoms with Crippen LogP contribution >= 0.6 is 0 Å². The fourth-order valence-corrected chi connectivity index (χ4v) is 8.40. The van der Waals surface area contributed by atoms with E-state index in [-0.39, 0.29) is 0 Å². The lowest BCUT2D eigenvalue weighted by atomic mass is 9.87. The molecule has 0 saturated carbocycles. The van der Waals surface area contributed by atoms with Gasteiger partial charge in [-0.15, -0.1) is 0 Å². The molecular formula is C49H30N2. The molecule has 0 unspecified atom stereocenters. The van der Waals surface area contributed by atoms with E-state index in [9.17, 15) is 0 Å². The Morgan fingerprint density at radius 3 is 1.57 bits per heavy atom. The standard InChI is InChI=1S/C49H30N2/c1-2-13-31(14-3-1)41-29-44-38-20-7-5-18-36(38)42(30-45(44)37-19-6-4-17-35(37)41)34-16-12-15-32(27-34)33-25-26-40-43(28-33)39-21-8-10-23-47(39)51-48-24-11-9-22-46(48)50-49(40)51/h1-30H. The third-order valence-electron chi connectivity index (χ3n) is 10.7. The van der Waals surface area contributed by atoms with Gasteiger partial charge < -0.3 is 0 Å². The smallest absolute Gasteiger partial charge is 0.146 e. The highest BCUT2D eigenvalue weighted by molar-refractivity contribution is 6.24. The Morgan fingerprint density at radius 2 is 0.824 bits per heavy atom. The van der Waals surface area contributed by atoms with E-state index in [1.165, 1.54) is 82.0 Å². The molecule has 51 heavy (non-hydrogen) atoms. The fourth-order valence-electron chi connectivity index (χ4n) is 8.40. The van der Waals surface area contributed by atoms with Gasteiger partial charge in [-0.1, -0.05) is 133 Å². The van der Waals surface area contributed by atoms with Crippen LogP contribution < -0.4 is 0 Å². The maximum atomic E-state index is 5.11. The van der Waals surface area contributed by atoms with Crippen molar-refractivity contribution in [3.63, 3.8) is 0 Å². The van der Waals surface area contributed by atoms with Gasteiger partial charge in [0.05, 0.1) is 16.6 Å². The zero-order valence-electron chi connectivity index (χ0n) is 27.7. The number of fused-ring (bicyclic) bond motifs is 13. The third kappa shape index (κ3) is 4.20. The largest absolute Gasteiger partial charge is 0.292 e. The fraction of sp³-hybridized carbons (Fsp3) is 0. The van der Waals surface area contributed by atoms with Crippen molar-refractivity contribution in [2.75, 3.05) is 0 Å². The first-order valence-electron chi connectivity index (χ1n) is 17.6. The Morgan fingerprint density at radius 1 is 0.294 bits per heavy atom. The van der Waals surface area contributed by atoms with Crippen molar-refractivity contribution < 1.29 is 0 Å². The van der Waals surface area contributed by atoms with Crippen LogP contribution in [0.2, 0.25) is 0 Å². The highest BCUT2D eigenvalue weighted by Crippen LogP contribution is 2.43. The first-order chi connectivity index (χ1) is 25.3. The molecule has 0 atom stereocenters. The maximum Gasteiger partial charge on any atom is 0.146 e. The van der Waals surface area contributed by atoms with Gasteiger partial charge in [-0.2, -0.15) is 0 Å². The molecular weight excluding hydrogens is 617 g/mol. The number of pyridine rings is 1. The van der Waals surface area contributed by atoms with Crippen LogP contribution in [0, 0.1) is 0 Å². The van der Waals surface area contributed by atoms with Crippen LogP contribution in [0.4, 0.5) is 0 Å². The molecule has 2 aromatic heterocycles. The normalized spacial score (nSPS) is 11.9. The van der Waals surface area contributed by atoms with Gasteiger partial charge in [-0.05, 0) is 120 Å². The molecule has 0 aliphatic carbocycles. The molecule has 236 valence electrons. The van der Waals surface area contributed by atoms with Gasteiger partial charge in [0.15, 0.2) is 0 Å². The zero-order chi connectivity index (χ0) is 33.5. The van der Waals surface area contributed by atoms with Crippen LogP contribution in [0.15, 0.2) is 182 Å². The van der Waals surface area contributed by atoms with E-state index in [1.54, 1.807) is 0 Å². The molecule has 0 fully saturated rings. The van der Waals surface area contributed by atoms with E-state index in [0.717, 1.165) is 22.1 Å². The quantitative estimate of drug-likeness (QED) is 0.175. The number of aromatic nitrogens is 2. The molecule has 11 rings (SSSR count). The Hall–Kier alpha value is -6.77. The van der Waals surface area contributed by atoms with Gasteiger partial charge in [0.1, 0.15) is 5.65 Å². The van der Waals surface area contributed by atoms with Crippen molar-refractivity contribution in [3.05, 3.63) is 182 Å². The number of para-hydroxylation sites is 3. The summed E-state index contributed by atoms with van der Waals surface area (Å²) >= 11 is 0. The van der Waals surface area contributed by atoms with Crippen molar-refractivity contribution in [2.24, 2.45) is 0 Å². The van der Waals surface area contributed by atoms with Gasteiger partial charge in [-0.3, -0.25) is 4.40 Å². The number of imidazole rings is 1. The molecule has 2 heteroatoms. The predicted octanol–water partition coefficient (Wildman–Crippen LogP) is 13.3. The predicted molar refractivity (Wildman–Crippen MR) is 217 cm³/mol.